The third-order valence-electron chi connectivity index (χ3n) is 4.58. The van der Waals surface area contributed by atoms with Gasteiger partial charge in [-0.1, -0.05) is 37.6 Å². The van der Waals surface area contributed by atoms with Crippen molar-refractivity contribution < 1.29 is 19.1 Å². The van der Waals surface area contributed by atoms with E-state index in [4.69, 9.17) is 9.47 Å². The largest absolute Gasteiger partial charge is 0.497 e. The number of rotatable bonds is 10. The third kappa shape index (κ3) is 6.89. The molecule has 1 amide bonds. The van der Waals surface area contributed by atoms with Crippen LogP contribution in [0.2, 0.25) is 0 Å². The van der Waals surface area contributed by atoms with Gasteiger partial charge in [-0.3, -0.25) is 4.79 Å². The van der Waals surface area contributed by atoms with Crippen molar-refractivity contribution in [1.82, 2.24) is 5.32 Å². The highest BCUT2D eigenvalue weighted by Crippen LogP contribution is 2.19. The molecule has 0 heterocycles. The van der Waals surface area contributed by atoms with Crippen LogP contribution in [0.15, 0.2) is 60.3 Å². The van der Waals surface area contributed by atoms with Crippen molar-refractivity contribution in [1.29, 1.82) is 5.26 Å². The predicted octanol–water partition coefficient (Wildman–Crippen LogP) is 4.35. The first kappa shape index (κ1) is 23.5. The van der Waals surface area contributed by atoms with Gasteiger partial charge in [0.2, 0.25) is 0 Å². The van der Waals surface area contributed by atoms with E-state index in [0.717, 1.165) is 24.2 Å². The van der Waals surface area contributed by atoms with Crippen LogP contribution in [-0.2, 0) is 9.53 Å². The van der Waals surface area contributed by atoms with E-state index in [1.54, 1.807) is 43.5 Å². The average molecular weight is 421 g/mol. The van der Waals surface area contributed by atoms with Gasteiger partial charge in [-0.15, -0.1) is 0 Å². The van der Waals surface area contributed by atoms with Crippen LogP contribution in [0.25, 0.3) is 0 Å². The lowest BCUT2D eigenvalue weighted by Gasteiger charge is -2.15. The number of anilines is 1. The summed E-state index contributed by atoms with van der Waals surface area (Å²) in [5.41, 5.74) is 1.54. The summed E-state index contributed by atoms with van der Waals surface area (Å²) in [6, 6.07) is 15.7. The molecule has 0 radical (unpaired) electrons. The maximum absolute atomic E-state index is 12.5. The minimum Gasteiger partial charge on any atom is -0.497 e. The highest BCUT2D eigenvalue weighted by atomic mass is 16.5. The molecular weight excluding hydrogens is 394 g/mol. The van der Waals surface area contributed by atoms with E-state index >= 15 is 0 Å². The lowest BCUT2D eigenvalue weighted by atomic mass is 10.1. The number of methoxy groups -OCH3 is 1. The number of carbonyl (C=O) groups excluding carboxylic acids is 2. The number of amides is 1. The molecule has 0 aliphatic rings. The summed E-state index contributed by atoms with van der Waals surface area (Å²) in [6.07, 6.45) is 2.99. The minimum atomic E-state index is -0.527. The molecule has 0 saturated carbocycles. The van der Waals surface area contributed by atoms with Gasteiger partial charge >= 0.3 is 5.97 Å². The Kier molecular flexibility index (Phi) is 9.12. The van der Waals surface area contributed by atoms with Crippen molar-refractivity contribution >= 4 is 17.6 Å². The monoisotopic (exact) mass is 421 g/mol. The summed E-state index contributed by atoms with van der Waals surface area (Å²) in [7, 11) is 1.58. The van der Waals surface area contributed by atoms with Crippen LogP contribution in [0, 0.1) is 11.3 Å². The molecule has 0 aliphatic heterocycles. The Balaban J connectivity index is 2.07. The normalized spacial score (nSPS) is 11.7. The van der Waals surface area contributed by atoms with Crippen molar-refractivity contribution in [2.75, 3.05) is 19.0 Å². The molecule has 0 spiro atoms. The first-order chi connectivity index (χ1) is 15.0. The van der Waals surface area contributed by atoms with E-state index in [0.29, 0.717) is 17.9 Å². The summed E-state index contributed by atoms with van der Waals surface area (Å²) in [4.78, 5) is 24.8. The number of hydrogen-bond donors (Lipinski definition) is 2. The van der Waals surface area contributed by atoms with E-state index in [-0.39, 0.29) is 11.6 Å². The number of nitrogens with one attached hydrogen (secondary N) is 2. The van der Waals surface area contributed by atoms with Crippen LogP contribution in [0.5, 0.6) is 5.75 Å². The first-order valence-electron chi connectivity index (χ1n) is 10.1. The zero-order valence-electron chi connectivity index (χ0n) is 18.0. The zero-order valence-corrected chi connectivity index (χ0v) is 18.0. The molecule has 0 saturated heterocycles. The van der Waals surface area contributed by atoms with Crippen molar-refractivity contribution in [2.45, 2.75) is 32.7 Å². The van der Waals surface area contributed by atoms with Crippen LogP contribution in [0.3, 0.4) is 0 Å². The van der Waals surface area contributed by atoms with Gasteiger partial charge in [-0.2, -0.15) is 5.26 Å². The van der Waals surface area contributed by atoms with Crippen LogP contribution < -0.4 is 15.4 Å². The molecule has 2 aromatic carbocycles. The van der Waals surface area contributed by atoms with Crippen LogP contribution in [-0.4, -0.2) is 25.6 Å². The lowest BCUT2D eigenvalue weighted by Crippen LogP contribution is -2.28. The third-order valence-corrected chi connectivity index (χ3v) is 4.58. The van der Waals surface area contributed by atoms with Gasteiger partial charge in [0.1, 0.15) is 17.4 Å². The summed E-state index contributed by atoms with van der Waals surface area (Å²) in [5, 5.41) is 15.1. The zero-order chi connectivity index (χ0) is 22.6. The number of nitriles is 1. The van der Waals surface area contributed by atoms with Crippen LogP contribution in [0.1, 0.15) is 48.7 Å². The lowest BCUT2D eigenvalue weighted by molar-refractivity contribution is -0.117. The second-order valence-electron chi connectivity index (χ2n) is 6.82. The molecule has 0 bridgehead atoms. The van der Waals surface area contributed by atoms with E-state index in [9.17, 15) is 14.9 Å². The Morgan fingerprint density at radius 3 is 2.52 bits per heavy atom. The number of ether oxygens (including phenoxy) is 2. The molecule has 2 N–H and O–H groups in total. The number of para-hydroxylation sites is 1. The van der Waals surface area contributed by atoms with Crippen LogP contribution >= 0.6 is 0 Å². The average Bonchev–Trinajstić information content (AvgIpc) is 2.79. The highest BCUT2D eigenvalue weighted by Gasteiger charge is 2.15. The summed E-state index contributed by atoms with van der Waals surface area (Å²) < 4.78 is 10.4. The van der Waals surface area contributed by atoms with Gasteiger partial charge in [-0.25, -0.2) is 4.79 Å². The fraction of sp³-hybridized carbons (Fsp3) is 0.292. The maximum atomic E-state index is 12.5. The Labute approximate surface area is 182 Å². The van der Waals surface area contributed by atoms with Crippen LogP contribution in [0.4, 0.5) is 5.69 Å². The second-order valence-corrected chi connectivity index (χ2v) is 6.82. The van der Waals surface area contributed by atoms with Gasteiger partial charge in [0.25, 0.3) is 5.91 Å². The second kappa shape index (κ2) is 12.0. The molecule has 2 aromatic rings. The Hall–Kier alpha value is -3.79. The van der Waals surface area contributed by atoms with E-state index < -0.39 is 11.9 Å². The quantitative estimate of drug-likeness (QED) is 0.256. The number of nitrogens with zero attached hydrogens (tertiary/aromatic N) is 1. The topological polar surface area (TPSA) is 100 Å². The van der Waals surface area contributed by atoms with E-state index in [1.165, 1.54) is 6.20 Å². The smallest absolute Gasteiger partial charge is 0.340 e. The molecule has 1 atom stereocenters. The van der Waals surface area contributed by atoms with Crippen molar-refractivity contribution in [2.24, 2.45) is 0 Å². The highest BCUT2D eigenvalue weighted by molar-refractivity contribution is 5.99. The Morgan fingerprint density at radius 2 is 1.87 bits per heavy atom. The van der Waals surface area contributed by atoms with Gasteiger partial charge < -0.3 is 20.1 Å². The predicted molar refractivity (Wildman–Crippen MR) is 119 cm³/mol. The fourth-order valence-corrected chi connectivity index (χ4v) is 2.72. The number of hydrogen-bond acceptors (Lipinski definition) is 6. The minimum absolute atomic E-state index is 0.116. The maximum Gasteiger partial charge on any atom is 0.340 e. The van der Waals surface area contributed by atoms with Crippen molar-refractivity contribution in [3.8, 4) is 11.8 Å². The van der Waals surface area contributed by atoms with Crippen molar-refractivity contribution in [3.05, 3.63) is 71.4 Å². The molecule has 7 nitrogen and oxygen atoms in total. The SMILES string of the molecule is CCCCOC(=O)c1ccccc1N/C=C(/C#N)C(=O)NC(C)c1ccc(OC)cc1. The Bertz CT molecular complexity index is 962. The summed E-state index contributed by atoms with van der Waals surface area (Å²) in [5.74, 6) is -0.265. The van der Waals surface area contributed by atoms with Gasteiger partial charge in [0.05, 0.1) is 31.0 Å². The molecule has 162 valence electrons. The van der Waals surface area contributed by atoms with Gasteiger partial charge in [0, 0.05) is 6.20 Å². The fourth-order valence-electron chi connectivity index (χ4n) is 2.72. The Morgan fingerprint density at radius 1 is 1.16 bits per heavy atom. The first-order valence-corrected chi connectivity index (χ1v) is 10.1. The summed E-state index contributed by atoms with van der Waals surface area (Å²) >= 11 is 0. The number of carbonyl (C=O) groups is 2. The number of benzene rings is 2. The van der Waals surface area contributed by atoms with Crippen molar-refractivity contribution in [3.63, 3.8) is 0 Å². The number of unbranched alkanes of at least 4 members (excludes halogenated alkanes) is 1. The number of esters is 1. The molecule has 0 aromatic heterocycles. The molecule has 1 unspecified atom stereocenters. The molecule has 0 fully saturated rings. The molecule has 0 aliphatic carbocycles. The molecule has 31 heavy (non-hydrogen) atoms. The van der Waals surface area contributed by atoms with Gasteiger partial charge in [0.15, 0.2) is 0 Å². The van der Waals surface area contributed by atoms with Gasteiger partial charge in [-0.05, 0) is 43.2 Å². The van der Waals surface area contributed by atoms with E-state index in [1.807, 2.05) is 32.0 Å². The molecular formula is C24H27N3O4. The summed E-state index contributed by atoms with van der Waals surface area (Å²) in [6.45, 7) is 4.18. The molecule has 2 rings (SSSR count). The van der Waals surface area contributed by atoms with E-state index in [2.05, 4.69) is 10.6 Å². The molecule has 7 heteroatoms. The standard InChI is InChI=1S/C24H27N3O4/c1-4-5-14-31-24(29)21-8-6-7-9-22(21)26-16-19(15-25)23(28)27-17(2)18-10-12-20(30-3)13-11-18/h6-13,16-17,26H,4-5,14H2,1-3H3,(H,27,28)/b19-16-.